The average Bonchev–Trinajstić information content (AvgIpc) is 2.95. The van der Waals surface area contributed by atoms with Crippen molar-refractivity contribution < 1.29 is 0 Å². The third-order valence-electron chi connectivity index (χ3n) is 2.73. The van der Waals surface area contributed by atoms with Gasteiger partial charge in [0.1, 0.15) is 0 Å². The summed E-state index contributed by atoms with van der Waals surface area (Å²) in [5, 5.41) is 8.55. The van der Waals surface area contributed by atoms with Gasteiger partial charge in [-0.3, -0.25) is 4.68 Å². The van der Waals surface area contributed by atoms with Crippen LogP contribution in [-0.2, 0) is 6.54 Å². The molecule has 0 radical (unpaired) electrons. The molecule has 3 rings (SSSR count). The molecule has 0 amide bonds. The van der Waals surface area contributed by atoms with Crippen LogP contribution in [-0.4, -0.2) is 21.3 Å². The van der Waals surface area contributed by atoms with Crippen molar-refractivity contribution >= 4 is 42.6 Å². The van der Waals surface area contributed by atoms with Gasteiger partial charge >= 0.3 is 0 Å². The predicted molar refractivity (Wildman–Crippen MR) is 82.8 cm³/mol. The highest BCUT2D eigenvalue weighted by Gasteiger charge is 2.03. The van der Waals surface area contributed by atoms with E-state index in [9.17, 15) is 0 Å². The van der Waals surface area contributed by atoms with Gasteiger partial charge in [0, 0.05) is 17.2 Å². The van der Waals surface area contributed by atoms with Crippen molar-refractivity contribution in [3.05, 3.63) is 40.6 Å². The molecule has 0 saturated heterocycles. The molecule has 98 valence electrons. The summed E-state index contributed by atoms with van der Waals surface area (Å²) >= 11 is 5.13. The molecular weight excluding hydrogens is 324 g/mol. The largest absolute Gasteiger partial charge is 0.360 e. The zero-order valence-corrected chi connectivity index (χ0v) is 12.8. The molecule has 0 aliphatic carbocycles. The van der Waals surface area contributed by atoms with Crippen LogP contribution < -0.4 is 5.32 Å². The number of halogens is 1. The first-order valence-electron chi connectivity index (χ1n) is 6.00. The minimum atomic E-state index is 0.822. The van der Waals surface area contributed by atoms with Crippen molar-refractivity contribution in [1.82, 2.24) is 14.8 Å². The van der Waals surface area contributed by atoms with Crippen LogP contribution in [0.5, 0.6) is 0 Å². The first-order chi connectivity index (χ1) is 9.20. The van der Waals surface area contributed by atoms with Crippen LogP contribution in [0.15, 0.2) is 35.1 Å². The Morgan fingerprint density at radius 1 is 1.42 bits per heavy atom. The Balaban J connectivity index is 1.65. The number of nitrogens with one attached hydrogen (secondary N) is 1. The van der Waals surface area contributed by atoms with Crippen molar-refractivity contribution in [3.63, 3.8) is 0 Å². The molecule has 0 spiro atoms. The fourth-order valence-corrected chi connectivity index (χ4v) is 3.06. The van der Waals surface area contributed by atoms with E-state index in [2.05, 4.69) is 37.4 Å². The van der Waals surface area contributed by atoms with E-state index in [0.29, 0.717) is 0 Å². The molecule has 3 aromatic rings. The second-order valence-corrected chi connectivity index (χ2v) is 6.28. The van der Waals surface area contributed by atoms with E-state index in [1.54, 1.807) is 11.3 Å². The monoisotopic (exact) mass is 336 g/mol. The van der Waals surface area contributed by atoms with Gasteiger partial charge in [0.25, 0.3) is 0 Å². The zero-order chi connectivity index (χ0) is 13.2. The first-order valence-corrected chi connectivity index (χ1v) is 7.61. The zero-order valence-electron chi connectivity index (χ0n) is 10.4. The number of hydrogen-bond donors (Lipinski definition) is 1. The van der Waals surface area contributed by atoms with Crippen molar-refractivity contribution in [2.45, 2.75) is 13.5 Å². The van der Waals surface area contributed by atoms with E-state index in [1.165, 1.54) is 10.3 Å². The Labute approximate surface area is 123 Å². The van der Waals surface area contributed by atoms with E-state index in [4.69, 9.17) is 0 Å². The third kappa shape index (κ3) is 2.96. The molecule has 0 unspecified atom stereocenters. The number of nitrogens with zero attached hydrogens (tertiary/aromatic N) is 3. The highest BCUT2D eigenvalue weighted by molar-refractivity contribution is 9.10. The molecule has 19 heavy (non-hydrogen) atoms. The maximum Gasteiger partial charge on any atom is 0.183 e. The van der Waals surface area contributed by atoms with Gasteiger partial charge in [-0.2, -0.15) is 5.10 Å². The highest BCUT2D eigenvalue weighted by atomic mass is 79.9. The number of fused-ring (bicyclic) bond motifs is 1. The van der Waals surface area contributed by atoms with E-state index < -0.39 is 0 Å². The topological polar surface area (TPSA) is 42.7 Å². The van der Waals surface area contributed by atoms with Crippen molar-refractivity contribution in [2.24, 2.45) is 0 Å². The van der Waals surface area contributed by atoms with Gasteiger partial charge in [0.2, 0.25) is 0 Å². The standard InChI is InChI=1S/C13H13BrN4S/c1-9-7-16-18(8-9)5-4-15-13-17-11-6-10(14)2-3-12(11)19-13/h2-3,6-8H,4-5H2,1H3,(H,15,17). The van der Waals surface area contributed by atoms with Crippen molar-refractivity contribution in [1.29, 1.82) is 0 Å². The SMILES string of the molecule is Cc1cnn(CCNc2nc3cc(Br)ccc3s2)c1. The lowest BCUT2D eigenvalue weighted by molar-refractivity contribution is 0.637. The lowest BCUT2D eigenvalue weighted by atomic mass is 10.3. The van der Waals surface area contributed by atoms with Crippen LogP contribution in [0.4, 0.5) is 5.13 Å². The molecule has 0 aliphatic rings. The summed E-state index contributed by atoms with van der Waals surface area (Å²) in [5.41, 5.74) is 2.21. The minimum Gasteiger partial charge on any atom is -0.360 e. The molecule has 2 heterocycles. The van der Waals surface area contributed by atoms with Gasteiger partial charge in [-0.05, 0) is 30.7 Å². The van der Waals surface area contributed by atoms with Gasteiger partial charge in [0.05, 0.1) is 23.0 Å². The number of anilines is 1. The van der Waals surface area contributed by atoms with Gasteiger partial charge in [0.15, 0.2) is 5.13 Å². The lowest BCUT2D eigenvalue weighted by Crippen LogP contribution is -2.10. The maximum absolute atomic E-state index is 4.56. The number of aryl methyl sites for hydroxylation is 1. The maximum atomic E-state index is 4.56. The van der Waals surface area contributed by atoms with Crippen LogP contribution >= 0.6 is 27.3 Å². The van der Waals surface area contributed by atoms with Crippen LogP contribution in [0.3, 0.4) is 0 Å². The molecule has 0 saturated carbocycles. The van der Waals surface area contributed by atoms with Crippen LogP contribution in [0.1, 0.15) is 5.56 Å². The smallest absolute Gasteiger partial charge is 0.183 e. The quantitative estimate of drug-likeness (QED) is 0.790. The minimum absolute atomic E-state index is 0.822. The number of benzene rings is 1. The van der Waals surface area contributed by atoms with Crippen molar-refractivity contribution in [3.8, 4) is 0 Å². The van der Waals surface area contributed by atoms with Gasteiger partial charge < -0.3 is 5.32 Å². The number of rotatable bonds is 4. The molecule has 4 nitrogen and oxygen atoms in total. The highest BCUT2D eigenvalue weighted by Crippen LogP contribution is 2.27. The van der Waals surface area contributed by atoms with E-state index >= 15 is 0 Å². The first kappa shape index (κ1) is 12.6. The summed E-state index contributed by atoms with van der Waals surface area (Å²) in [6.45, 7) is 3.71. The van der Waals surface area contributed by atoms with Gasteiger partial charge in [-0.15, -0.1) is 0 Å². The fraction of sp³-hybridized carbons (Fsp3) is 0.231. The summed E-state index contributed by atoms with van der Waals surface area (Å²) in [6.07, 6.45) is 3.91. The number of thiazole rings is 1. The Morgan fingerprint density at radius 3 is 3.11 bits per heavy atom. The summed E-state index contributed by atoms with van der Waals surface area (Å²) in [4.78, 5) is 4.56. The second kappa shape index (κ2) is 5.30. The predicted octanol–water partition coefficient (Wildman–Crippen LogP) is 3.68. The number of aromatic nitrogens is 3. The number of hydrogen-bond acceptors (Lipinski definition) is 4. The lowest BCUT2D eigenvalue weighted by Gasteiger charge is -2.02. The Kier molecular flexibility index (Phi) is 3.52. The third-order valence-corrected chi connectivity index (χ3v) is 4.22. The molecule has 1 N–H and O–H groups in total. The molecule has 1 aromatic carbocycles. The molecule has 0 atom stereocenters. The molecule has 6 heteroatoms. The molecule has 0 aliphatic heterocycles. The Bertz CT molecular complexity index is 704. The molecular formula is C13H13BrN4S. The Hall–Kier alpha value is -1.40. The fourth-order valence-electron chi connectivity index (χ4n) is 1.84. The summed E-state index contributed by atoms with van der Waals surface area (Å²) in [6, 6.07) is 6.16. The molecule has 2 aromatic heterocycles. The molecule has 0 fully saturated rings. The van der Waals surface area contributed by atoms with E-state index in [1.807, 2.05) is 36.1 Å². The molecule has 0 bridgehead atoms. The van der Waals surface area contributed by atoms with Crippen molar-refractivity contribution in [2.75, 3.05) is 11.9 Å². The van der Waals surface area contributed by atoms with Crippen LogP contribution in [0, 0.1) is 6.92 Å². The van der Waals surface area contributed by atoms with E-state index in [0.717, 1.165) is 28.2 Å². The summed E-state index contributed by atoms with van der Waals surface area (Å²) in [7, 11) is 0. The van der Waals surface area contributed by atoms with Crippen LogP contribution in [0.25, 0.3) is 10.2 Å². The summed E-state index contributed by atoms with van der Waals surface area (Å²) < 4.78 is 4.19. The second-order valence-electron chi connectivity index (χ2n) is 4.34. The normalized spacial score (nSPS) is 11.1. The van der Waals surface area contributed by atoms with Gasteiger partial charge in [-0.25, -0.2) is 4.98 Å². The van der Waals surface area contributed by atoms with Gasteiger partial charge in [-0.1, -0.05) is 27.3 Å². The van der Waals surface area contributed by atoms with Crippen LogP contribution in [0.2, 0.25) is 0 Å². The Morgan fingerprint density at radius 2 is 2.32 bits per heavy atom. The summed E-state index contributed by atoms with van der Waals surface area (Å²) in [5.74, 6) is 0. The average molecular weight is 337 g/mol. The van der Waals surface area contributed by atoms with E-state index in [-0.39, 0.29) is 0 Å².